The number of likely N-dealkylation sites (tertiary alicyclic amines) is 1. The van der Waals surface area contributed by atoms with Crippen LogP contribution in [-0.4, -0.2) is 44.0 Å². The van der Waals surface area contributed by atoms with Crippen molar-refractivity contribution < 1.29 is 23.0 Å². The maximum absolute atomic E-state index is 14.8. The Morgan fingerprint density at radius 2 is 1.57 bits per heavy atom. The molecule has 0 spiro atoms. The van der Waals surface area contributed by atoms with Crippen LogP contribution < -0.4 is 9.47 Å². The molecular weight excluding hydrogens is 472 g/mol. The van der Waals surface area contributed by atoms with Crippen molar-refractivity contribution in [3.8, 4) is 22.6 Å². The van der Waals surface area contributed by atoms with Gasteiger partial charge in [0.15, 0.2) is 5.78 Å². The van der Waals surface area contributed by atoms with Crippen molar-refractivity contribution in [1.29, 1.82) is 0 Å². The van der Waals surface area contributed by atoms with E-state index in [0.717, 1.165) is 25.0 Å². The van der Waals surface area contributed by atoms with Crippen molar-refractivity contribution in [2.45, 2.75) is 19.3 Å². The molecule has 4 nitrogen and oxygen atoms in total. The van der Waals surface area contributed by atoms with Gasteiger partial charge < -0.3 is 9.47 Å². The van der Waals surface area contributed by atoms with Crippen molar-refractivity contribution >= 4 is 16.6 Å². The fraction of sp³-hybridized carbons (Fsp3) is 0.258. The fourth-order valence-corrected chi connectivity index (χ4v) is 4.97. The Balaban J connectivity index is 1.47. The van der Waals surface area contributed by atoms with Crippen molar-refractivity contribution in [3.63, 3.8) is 0 Å². The van der Waals surface area contributed by atoms with Gasteiger partial charge in [0.1, 0.15) is 29.7 Å². The lowest BCUT2D eigenvalue weighted by Gasteiger charge is -2.26. The summed E-state index contributed by atoms with van der Waals surface area (Å²) in [6.45, 7) is 3.67. The Morgan fingerprint density at radius 1 is 0.865 bits per heavy atom. The SMILES string of the molecule is COc1ccc2c(C(=O)c3ccc(OCCN4CCCCC4)cc3)c(-c3c(F)cccc3F)ccc2c1. The van der Waals surface area contributed by atoms with Crippen LogP contribution in [0.15, 0.2) is 72.8 Å². The third-order valence-electron chi connectivity index (χ3n) is 6.93. The topological polar surface area (TPSA) is 38.8 Å². The highest BCUT2D eigenvalue weighted by Crippen LogP contribution is 2.36. The molecule has 0 amide bonds. The number of ketones is 1. The van der Waals surface area contributed by atoms with Gasteiger partial charge in [-0.1, -0.05) is 24.6 Å². The number of nitrogens with zero attached hydrogens (tertiary/aromatic N) is 1. The second-order valence-electron chi connectivity index (χ2n) is 9.28. The average Bonchev–Trinajstić information content (AvgIpc) is 2.93. The molecule has 0 aromatic heterocycles. The van der Waals surface area contributed by atoms with E-state index in [1.54, 1.807) is 61.7 Å². The van der Waals surface area contributed by atoms with Crippen LogP contribution in [0.1, 0.15) is 35.2 Å². The van der Waals surface area contributed by atoms with Crippen LogP contribution in [0.3, 0.4) is 0 Å². The molecule has 0 N–H and O–H groups in total. The van der Waals surface area contributed by atoms with Crippen molar-refractivity contribution in [2.75, 3.05) is 33.4 Å². The average molecular weight is 502 g/mol. The summed E-state index contributed by atoms with van der Waals surface area (Å²) in [6.07, 6.45) is 3.76. The minimum absolute atomic E-state index is 0.208. The third kappa shape index (κ3) is 5.35. The zero-order valence-corrected chi connectivity index (χ0v) is 20.8. The Morgan fingerprint density at radius 3 is 2.27 bits per heavy atom. The van der Waals surface area contributed by atoms with E-state index in [4.69, 9.17) is 9.47 Å². The molecule has 0 saturated carbocycles. The smallest absolute Gasteiger partial charge is 0.194 e. The lowest BCUT2D eigenvalue weighted by atomic mass is 9.89. The number of halogens is 2. The molecule has 6 heteroatoms. The number of rotatable bonds is 8. The Bertz CT molecular complexity index is 1390. The maximum Gasteiger partial charge on any atom is 0.194 e. The third-order valence-corrected chi connectivity index (χ3v) is 6.93. The first-order chi connectivity index (χ1) is 18.0. The van der Waals surface area contributed by atoms with Crippen LogP contribution in [0.5, 0.6) is 11.5 Å². The molecule has 1 saturated heterocycles. The number of piperidine rings is 1. The molecule has 0 aliphatic carbocycles. The van der Waals surface area contributed by atoms with E-state index in [0.29, 0.717) is 29.1 Å². The van der Waals surface area contributed by atoms with E-state index in [-0.39, 0.29) is 22.5 Å². The molecule has 0 bridgehead atoms. The highest BCUT2D eigenvalue weighted by atomic mass is 19.1. The maximum atomic E-state index is 14.8. The van der Waals surface area contributed by atoms with Crippen LogP contribution in [0.2, 0.25) is 0 Å². The molecule has 0 unspecified atom stereocenters. The van der Waals surface area contributed by atoms with Gasteiger partial charge in [0, 0.05) is 17.7 Å². The zero-order valence-electron chi connectivity index (χ0n) is 20.8. The number of carbonyl (C=O) groups excluding carboxylic acids is 1. The van der Waals surface area contributed by atoms with Crippen LogP contribution >= 0.6 is 0 Å². The quantitative estimate of drug-likeness (QED) is 0.247. The number of fused-ring (bicyclic) bond motifs is 1. The fourth-order valence-electron chi connectivity index (χ4n) is 4.97. The van der Waals surface area contributed by atoms with E-state index in [2.05, 4.69) is 4.90 Å². The molecule has 1 fully saturated rings. The highest BCUT2D eigenvalue weighted by molar-refractivity contribution is 6.20. The first-order valence-corrected chi connectivity index (χ1v) is 12.6. The largest absolute Gasteiger partial charge is 0.497 e. The number of carbonyl (C=O) groups is 1. The highest BCUT2D eigenvalue weighted by Gasteiger charge is 2.23. The van der Waals surface area contributed by atoms with E-state index in [1.165, 1.54) is 37.5 Å². The monoisotopic (exact) mass is 501 g/mol. The summed E-state index contributed by atoms with van der Waals surface area (Å²) in [5, 5.41) is 1.33. The molecule has 1 heterocycles. The number of hydrogen-bond donors (Lipinski definition) is 0. The number of hydrogen-bond acceptors (Lipinski definition) is 4. The summed E-state index contributed by atoms with van der Waals surface area (Å²) in [7, 11) is 1.56. The van der Waals surface area contributed by atoms with Gasteiger partial charge in [0.25, 0.3) is 0 Å². The molecular formula is C31H29F2NO3. The molecule has 0 radical (unpaired) electrons. The van der Waals surface area contributed by atoms with E-state index < -0.39 is 11.6 Å². The molecule has 1 aliphatic heterocycles. The van der Waals surface area contributed by atoms with Crippen molar-refractivity contribution in [1.82, 2.24) is 4.90 Å². The summed E-state index contributed by atoms with van der Waals surface area (Å²) in [6, 6.07) is 19.2. The number of ether oxygens (including phenoxy) is 2. The summed E-state index contributed by atoms with van der Waals surface area (Å²) in [5.74, 6) is -0.467. The second-order valence-corrected chi connectivity index (χ2v) is 9.28. The van der Waals surface area contributed by atoms with E-state index in [1.807, 2.05) is 0 Å². The molecule has 190 valence electrons. The molecule has 37 heavy (non-hydrogen) atoms. The van der Waals surface area contributed by atoms with Gasteiger partial charge in [-0.05, 0) is 96.9 Å². The van der Waals surface area contributed by atoms with Crippen molar-refractivity contribution in [2.24, 2.45) is 0 Å². The van der Waals surface area contributed by atoms with E-state index in [9.17, 15) is 13.6 Å². The van der Waals surface area contributed by atoms with Gasteiger partial charge in [-0.2, -0.15) is 0 Å². The minimum atomic E-state index is -0.723. The molecule has 4 aromatic rings. The molecule has 4 aromatic carbocycles. The normalized spacial score (nSPS) is 14.0. The van der Waals surface area contributed by atoms with Gasteiger partial charge in [-0.25, -0.2) is 8.78 Å². The van der Waals surface area contributed by atoms with Crippen LogP contribution in [0.4, 0.5) is 8.78 Å². The number of methoxy groups -OCH3 is 1. The minimum Gasteiger partial charge on any atom is -0.497 e. The zero-order chi connectivity index (χ0) is 25.8. The molecule has 0 atom stereocenters. The molecule has 5 rings (SSSR count). The Kier molecular flexibility index (Phi) is 7.47. The summed E-state index contributed by atoms with van der Waals surface area (Å²) >= 11 is 0. The van der Waals surface area contributed by atoms with Gasteiger partial charge in [0.2, 0.25) is 0 Å². The predicted molar refractivity (Wildman–Crippen MR) is 142 cm³/mol. The Labute approximate surface area is 215 Å². The van der Waals surface area contributed by atoms with Gasteiger partial charge in [-0.3, -0.25) is 9.69 Å². The first kappa shape index (κ1) is 24.9. The Hall–Kier alpha value is -3.77. The lowest BCUT2D eigenvalue weighted by molar-refractivity contribution is 0.104. The lowest BCUT2D eigenvalue weighted by Crippen LogP contribution is -2.33. The van der Waals surface area contributed by atoms with Crippen LogP contribution in [0.25, 0.3) is 21.9 Å². The predicted octanol–water partition coefficient (Wildman–Crippen LogP) is 6.89. The standard InChI is InChI=1S/C31H29F2NO3/c1-36-24-13-15-25-22(20-24)10-14-26(30-27(32)6-5-7-28(30)33)29(25)31(35)21-8-11-23(12-9-21)37-19-18-34-16-3-2-4-17-34/h5-15,20H,2-4,16-19H2,1H3. The van der Waals surface area contributed by atoms with Crippen LogP contribution in [-0.2, 0) is 0 Å². The summed E-state index contributed by atoms with van der Waals surface area (Å²) in [4.78, 5) is 16.2. The number of benzene rings is 4. The summed E-state index contributed by atoms with van der Waals surface area (Å²) < 4.78 is 40.9. The van der Waals surface area contributed by atoms with Crippen molar-refractivity contribution in [3.05, 3.63) is 95.6 Å². The van der Waals surface area contributed by atoms with Gasteiger partial charge >= 0.3 is 0 Å². The summed E-state index contributed by atoms with van der Waals surface area (Å²) in [5.41, 5.74) is 0.633. The van der Waals surface area contributed by atoms with Gasteiger partial charge in [0.05, 0.1) is 12.7 Å². The second kappa shape index (κ2) is 11.1. The van der Waals surface area contributed by atoms with Crippen LogP contribution in [0, 0.1) is 11.6 Å². The van der Waals surface area contributed by atoms with E-state index >= 15 is 0 Å². The van der Waals surface area contributed by atoms with Gasteiger partial charge in [-0.15, -0.1) is 0 Å². The first-order valence-electron chi connectivity index (χ1n) is 12.6. The molecule has 1 aliphatic rings.